The van der Waals surface area contributed by atoms with Crippen molar-refractivity contribution < 1.29 is 14.6 Å². The molecule has 1 rings (SSSR count). The van der Waals surface area contributed by atoms with Gasteiger partial charge in [-0.2, -0.15) is 0 Å². The van der Waals surface area contributed by atoms with E-state index < -0.39 is 0 Å². The molecule has 0 heterocycles. The van der Waals surface area contributed by atoms with Crippen LogP contribution in [0.2, 0.25) is 0 Å². The Balaban J connectivity index is 2.18. The van der Waals surface area contributed by atoms with Crippen LogP contribution in [0.15, 0.2) is 0 Å². The number of carbonyl (C=O) groups excluding carboxylic acids is 1. The maximum atomic E-state index is 12.0. The number of rotatable bonds is 8. The number of hydrogen-bond acceptors (Lipinski definition) is 3. The van der Waals surface area contributed by atoms with Gasteiger partial charge in [0.05, 0.1) is 6.10 Å². The van der Waals surface area contributed by atoms with E-state index in [9.17, 15) is 9.90 Å². The van der Waals surface area contributed by atoms with Gasteiger partial charge in [0.25, 0.3) is 0 Å². The lowest BCUT2D eigenvalue weighted by Gasteiger charge is -2.22. The molecule has 0 aromatic heterocycles. The molecule has 4 heteroatoms. The van der Waals surface area contributed by atoms with E-state index in [4.69, 9.17) is 4.74 Å². The molecular formula is C17H33NO3. The third kappa shape index (κ3) is 7.82. The minimum absolute atomic E-state index is 0.0129. The molecule has 1 aliphatic rings. The summed E-state index contributed by atoms with van der Waals surface area (Å²) in [7, 11) is 0. The van der Waals surface area contributed by atoms with Crippen LogP contribution in [-0.4, -0.2) is 36.4 Å². The molecule has 0 aromatic rings. The van der Waals surface area contributed by atoms with E-state index in [-0.39, 0.29) is 30.1 Å². The molecule has 1 unspecified atom stereocenters. The quantitative estimate of drug-likeness (QED) is 0.535. The van der Waals surface area contributed by atoms with Gasteiger partial charge in [-0.25, -0.2) is 0 Å². The molecule has 2 N–H and O–H groups in total. The second-order valence-corrected chi connectivity index (χ2v) is 7.11. The van der Waals surface area contributed by atoms with Crippen LogP contribution in [0.3, 0.4) is 0 Å². The predicted molar refractivity (Wildman–Crippen MR) is 85.1 cm³/mol. The van der Waals surface area contributed by atoms with Crippen LogP contribution in [-0.2, 0) is 9.53 Å². The lowest BCUT2D eigenvalue weighted by molar-refractivity contribution is -0.135. The number of hydrogen-bond donors (Lipinski definition) is 2. The van der Waals surface area contributed by atoms with Crippen molar-refractivity contribution in [2.45, 2.75) is 84.3 Å². The van der Waals surface area contributed by atoms with Crippen molar-refractivity contribution in [1.29, 1.82) is 0 Å². The summed E-state index contributed by atoms with van der Waals surface area (Å²) in [6, 6.07) is 0. The highest BCUT2D eigenvalue weighted by molar-refractivity contribution is 5.80. The lowest BCUT2D eigenvalue weighted by Crippen LogP contribution is -2.37. The van der Waals surface area contributed by atoms with Gasteiger partial charge in [-0.3, -0.25) is 4.79 Å². The molecule has 4 nitrogen and oxygen atoms in total. The fourth-order valence-corrected chi connectivity index (χ4v) is 2.73. The zero-order valence-electron chi connectivity index (χ0n) is 14.0. The standard InChI is InChI=1S/C17H33NO3/c1-14(21-15-9-6-4-5-7-10-15)16(20)18-12-8-11-17(2,3)13-19/h14-15,19H,4-13H2,1-3H3,(H,18,20). The Morgan fingerprint density at radius 2 is 1.90 bits per heavy atom. The molecule has 0 bridgehead atoms. The highest BCUT2D eigenvalue weighted by atomic mass is 16.5. The number of carbonyl (C=O) groups is 1. The van der Waals surface area contributed by atoms with Crippen LogP contribution in [0.1, 0.15) is 72.1 Å². The Morgan fingerprint density at radius 1 is 1.29 bits per heavy atom. The monoisotopic (exact) mass is 299 g/mol. The van der Waals surface area contributed by atoms with Crippen molar-refractivity contribution in [2.75, 3.05) is 13.2 Å². The minimum atomic E-state index is -0.362. The molecule has 0 aromatic carbocycles. The van der Waals surface area contributed by atoms with E-state index >= 15 is 0 Å². The number of aliphatic hydroxyl groups is 1. The number of aliphatic hydroxyl groups excluding tert-OH is 1. The first-order valence-electron chi connectivity index (χ1n) is 8.48. The maximum Gasteiger partial charge on any atom is 0.248 e. The van der Waals surface area contributed by atoms with Crippen molar-refractivity contribution >= 4 is 5.91 Å². The van der Waals surface area contributed by atoms with Crippen LogP contribution in [0.25, 0.3) is 0 Å². The summed E-state index contributed by atoms with van der Waals surface area (Å²) in [5, 5.41) is 12.1. The molecule has 0 aliphatic heterocycles. The summed E-state index contributed by atoms with van der Waals surface area (Å²) in [5.74, 6) is -0.0129. The summed E-state index contributed by atoms with van der Waals surface area (Å²) in [5.41, 5.74) is -0.0623. The molecule has 21 heavy (non-hydrogen) atoms. The second kappa shape index (κ2) is 9.42. The molecule has 1 aliphatic carbocycles. The molecule has 0 saturated heterocycles. The van der Waals surface area contributed by atoms with Crippen molar-refractivity contribution in [3.05, 3.63) is 0 Å². The number of nitrogens with one attached hydrogen (secondary N) is 1. The van der Waals surface area contributed by atoms with Crippen LogP contribution in [0.4, 0.5) is 0 Å². The van der Waals surface area contributed by atoms with Crippen molar-refractivity contribution in [1.82, 2.24) is 5.32 Å². The molecule has 1 saturated carbocycles. The molecule has 1 atom stereocenters. The molecule has 0 spiro atoms. The van der Waals surface area contributed by atoms with Crippen molar-refractivity contribution in [2.24, 2.45) is 5.41 Å². The van der Waals surface area contributed by atoms with Gasteiger partial charge in [-0.05, 0) is 38.0 Å². The number of ether oxygens (including phenoxy) is 1. The Labute approximate surface area is 129 Å². The second-order valence-electron chi connectivity index (χ2n) is 7.11. The topological polar surface area (TPSA) is 58.6 Å². The summed E-state index contributed by atoms with van der Waals surface area (Å²) >= 11 is 0. The molecule has 124 valence electrons. The predicted octanol–water partition coefficient (Wildman–Crippen LogP) is 3.03. The fraction of sp³-hybridized carbons (Fsp3) is 0.941. The van der Waals surface area contributed by atoms with Gasteiger partial charge in [0, 0.05) is 13.2 Å². The Kier molecular flexibility index (Phi) is 8.27. The van der Waals surface area contributed by atoms with Crippen molar-refractivity contribution in [3.63, 3.8) is 0 Å². The van der Waals surface area contributed by atoms with E-state index in [1.54, 1.807) is 0 Å². The van der Waals surface area contributed by atoms with Crippen LogP contribution >= 0.6 is 0 Å². The molecule has 1 fully saturated rings. The van der Waals surface area contributed by atoms with Gasteiger partial charge in [0.2, 0.25) is 5.91 Å². The van der Waals surface area contributed by atoms with E-state index in [2.05, 4.69) is 5.32 Å². The van der Waals surface area contributed by atoms with E-state index in [1.807, 2.05) is 20.8 Å². The van der Waals surface area contributed by atoms with E-state index in [1.165, 1.54) is 25.7 Å². The molecule has 1 amide bonds. The third-order valence-electron chi connectivity index (χ3n) is 4.33. The van der Waals surface area contributed by atoms with E-state index in [0.29, 0.717) is 6.54 Å². The highest BCUT2D eigenvalue weighted by Gasteiger charge is 2.20. The zero-order chi connectivity index (χ0) is 15.7. The van der Waals surface area contributed by atoms with Gasteiger partial charge in [0.15, 0.2) is 0 Å². The van der Waals surface area contributed by atoms with E-state index in [0.717, 1.165) is 25.7 Å². The Bertz CT molecular complexity index is 296. The fourth-order valence-electron chi connectivity index (χ4n) is 2.73. The highest BCUT2D eigenvalue weighted by Crippen LogP contribution is 2.21. The lowest BCUT2D eigenvalue weighted by atomic mass is 9.89. The summed E-state index contributed by atoms with van der Waals surface area (Å²) in [4.78, 5) is 12.0. The molecular weight excluding hydrogens is 266 g/mol. The first-order valence-corrected chi connectivity index (χ1v) is 8.48. The van der Waals surface area contributed by atoms with Gasteiger partial charge < -0.3 is 15.2 Å². The third-order valence-corrected chi connectivity index (χ3v) is 4.33. The average Bonchev–Trinajstić information content (AvgIpc) is 2.72. The largest absolute Gasteiger partial charge is 0.396 e. The van der Waals surface area contributed by atoms with Crippen molar-refractivity contribution in [3.8, 4) is 0 Å². The summed E-state index contributed by atoms with van der Waals surface area (Å²) < 4.78 is 5.90. The Hall–Kier alpha value is -0.610. The Morgan fingerprint density at radius 3 is 2.48 bits per heavy atom. The van der Waals surface area contributed by atoms with Gasteiger partial charge >= 0.3 is 0 Å². The zero-order valence-corrected chi connectivity index (χ0v) is 14.0. The number of amides is 1. The van der Waals surface area contributed by atoms with Crippen LogP contribution in [0, 0.1) is 5.41 Å². The van der Waals surface area contributed by atoms with Crippen LogP contribution < -0.4 is 5.32 Å². The first kappa shape index (κ1) is 18.4. The normalized spacial score (nSPS) is 19.0. The van der Waals surface area contributed by atoms with Gasteiger partial charge in [-0.1, -0.05) is 39.5 Å². The van der Waals surface area contributed by atoms with Gasteiger partial charge in [-0.15, -0.1) is 0 Å². The average molecular weight is 299 g/mol. The maximum absolute atomic E-state index is 12.0. The molecule has 0 radical (unpaired) electrons. The van der Waals surface area contributed by atoms with Crippen LogP contribution in [0.5, 0.6) is 0 Å². The minimum Gasteiger partial charge on any atom is -0.396 e. The SMILES string of the molecule is CC(OC1CCCCCC1)C(=O)NCCCC(C)(C)CO. The smallest absolute Gasteiger partial charge is 0.248 e. The van der Waals surface area contributed by atoms with Gasteiger partial charge in [0.1, 0.15) is 6.10 Å². The first-order chi connectivity index (χ1) is 9.94. The summed E-state index contributed by atoms with van der Waals surface area (Å²) in [6.07, 6.45) is 8.87. The summed E-state index contributed by atoms with van der Waals surface area (Å²) in [6.45, 7) is 6.75.